The van der Waals surface area contributed by atoms with Crippen LogP contribution in [-0.2, 0) is 28.7 Å². The van der Waals surface area contributed by atoms with E-state index in [2.05, 4.69) is 0 Å². The Labute approximate surface area is 147 Å². The first kappa shape index (κ1) is 19.3. The highest BCUT2D eigenvalue weighted by Crippen LogP contribution is 2.52. The van der Waals surface area contributed by atoms with E-state index >= 15 is 0 Å². The van der Waals surface area contributed by atoms with E-state index in [0.29, 0.717) is 31.3 Å². The van der Waals surface area contributed by atoms with Gasteiger partial charge in [0, 0.05) is 18.8 Å². The molecule has 0 aromatic carbocycles. The van der Waals surface area contributed by atoms with Crippen LogP contribution in [0.25, 0.3) is 0 Å². The lowest BCUT2D eigenvalue weighted by atomic mass is 9.69. The number of esters is 2. The van der Waals surface area contributed by atoms with E-state index in [4.69, 9.17) is 9.47 Å². The van der Waals surface area contributed by atoms with Gasteiger partial charge in [0.1, 0.15) is 17.8 Å². The van der Waals surface area contributed by atoms with Crippen molar-refractivity contribution in [2.24, 2.45) is 11.3 Å². The number of hydrogen-bond acceptors (Lipinski definition) is 6. The second-order valence-corrected chi connectivity index (χ2v) is 7.05. The molecule has 0 aromatic rings. The van der Waals surface area contributed by atoms with Gasteiger partial charge in [-0.1, -0.05) is 12.5 Å². The molecule has 0 spiro atoms. The molecule has 0 aromatic heterocycles. The van der Waals surface area contributed by atoms with E-state index < -0.39 is 17.3 Å². The van der Waals surface area contributed by atoms with Crippen LogP contribution >= 0.6 is 0 Å². The van der Waals surface area contributed by atoms with E-state index in [1.807, 2.05) is 6.92 Å². The Kier molecular flexibility index (Phi) is 5.80. The minimum atomic E-state index is -0.957. The van der Waals surface area contributed by atoms with Crippen LogP contribution in [0.3, 0.4) is 0 Å². The number of allylic oxidation sites excluding steroid dienone is 1. The van der Waals surface area contributed by atoms with Crippen LogP contribution in [0.1, 0.15) is 59.8 Å². The molecule has 138 valence electrons. The van der Waals surface area contributed by atoms with Gasteiger partial charge in [-0.05, 0) is 45.1 Å². The Bertz CT molecular complexity index is 632. The highest BCUT2D eigenvalue weighted by atomic mass is 16.5. The smallest absolute Gasteiger partial charge is 0.316 e. The molecule has 0 bridgehead atoms. The number of rotatable bonds is 6. The lowest BCUT2D eigenvalue weighted by Crippen LogP contribution is -2.37. The van der Waals surface area contributed by atoms with Crippen LogP contribution in [0.2, 0.25) is 0 Å². The van der Waals surface area contributed by atoms with E-state index in [9.17, 15) is 19.2 Å². The predicted molar refractivity (Wildman–Crippen MR) is 89.6 cm³/mol. The van der Waals surface area contributed by atoms with E-state index in [-0.39, 0.29) is 36.7 Å². The normalized spacial score (nSPS) is 26.9. The van der Waals surface area contributed by atoms with Crippen LogP contribution in [0.4, 0.5) is 0 Å². The highest BCUT2D eigenvalue weighted by Gasteiger charge is 2.49. The second kappa shape index (κ2) is 7.50. The Morgan fingerprint density at radius 1 is 1.24 bits per heavy atom. The third kappa shape index (κ3) is 3.83. The third-order valence-electron chi connectivity index (χ3n) is 5.41. The van der Waals surface area contributed by atoms with E-state index in [1.54, 1.807) is 6.92 Å². The topological polar surface area (TPSA) is 86.7 Å². The second-order valence-electron chi connectivity index (χ2n) is 7.05. The number of carbonyl (C=O) groups is 4. The first-order chi connectivity index (χ1) is 11.7. The van der Waals surface area contributed by atoms with Crippen LogP contribution in [-0.4, -0.2) is 36.2 Å². The summed E-state index contributed by atoms with van der Waals surface area (Å²) in [4.78, 5) is 47.9. The van der Waals surface area contributed by atoms with Crippen molar-refractivity contribution >= 4 is 23.5 Å². The Balaban J connectivity index is 2.35. The zero-order valence-corrected chi connectivity index (χ0v) is 15.3. The van der Waals surface area contributed by atoms with Crippen molar-refractivity contribution in [3.05, 3.63) is 11.1 Å². The van der Waals surface area contributed by atoms with Gasteiger partial charge in [-0.2, -0.15) is 0 Å². The molecule has 1 fully saturated rings. The Hall–Kier alpha value is -1.98. The summed E-state index contributed by atoms with van der Waals surface area (Å²) in [6.07, 6.45) is 2.06. The summed E-state index contributed by atoms with van der Waals surface area (Å²) in [7, 11) is 0. The molecule has 6 heteroatoms. The number of ether oxygens (including phenoxy) is 2. The van der Waals surface area contributed by atoms with Crippen LogP contribution in [0, 0.1) is 11.3 Å². The van der Waals surface area contributed by atoms with Gasteiger partial charge in [-0.3, -0.25) is 19.2 Å². The largest absolute Gasteiger partial charge is 0.465 e. The van der Waals surface area contributed by atoms with Crippen molar-refractivity contribution in [2.45, 2.75) is 65.9 Å². The van der Waals surface area contributed by atoms with Gasteiger partial charge in [0.25, 0.3) is 0 Å². The monoisotopic (exact) mass is 350 g/mol. The minimum absolute atomic E-state index is 0.0218. The van der Waals surface area contributed by atoms with Gasteiger partial charge < -0.3 is 9.47 Å². The minimum Gasteiger partial charge on any atom is -0.465 e. The summed E-state index contributed by atoms with van der Waals surface area (Å²) in [6, 6.07) is 0. The zero-order valence-electron chi connectivity index (χ0n) is 15.3. The van der Waals surface area contributed by atoms with Gasteiger partial charge in [0.05, 0.1) is 6.61 Å². The number of fused-ring (bicyclic) bond motifs is 1. The summed E-state index contributed by atoms with van der Waals surface area (Å²) in [6.45, 7) is 6.60. The number of carbonyl (C=O) groups excluding carboxylic acids is 4. The summed E-state index contributed by atoms with van der Waals surface area (Å²) in [5.74, 6) is -2.20. The molecule has 0 radical (unpaired) electrons. The number of hydrogen-bond donors (Lipinski definition) is 0. The van der Waals surface area contributed by atoms with Crippen molar-refractivity contribution in [1.29, 1.82) is 0 Å². The maximum absolute atomic E-state index is 12.5. The summed E-state index contributed by atoms with van der Waals surface area (Å²) in [5.41, 5.74) is 1.09. The predicted octanol–water partition coefficient (Wildman–Crippen LogP) is 2.54. The average Bonchev–Trinajstić information content (AvgIpc) is 2.83. The van der Waals surface area contributed by atoms with Crippen LogP contribution in [0.5, 0.6) is 0 Å². The number of ketones is 2. The van der Waals surface area contributed by atoms with Crippen LogP contribution < -0.4 is 0 Å². The third-order valence-corrected chi connectivity index (χ3v) is 5.41. The molecule has 2 rings (SSSR count). The molecule has 0 saturated heterocycles. The summed E-state index contributed by atoms with van der Waals surface area (Å²) >= 11 is 0. The average molecular weight is 350 g/mol. The van der Waals surface area contributed by atoms with Gasteiger partial charge in [-0.15, -0.1) is 0 Å². The van der Waals surface area contributed by atoms with Crippen molar-refractivity contribution in [1.82, 2.24) is 0 Å². The van der Waals surface area contributed by atoms with Crippen molar-refractivity contribution in [2.75, 3.05) is 6.61 Å². The van der Waals surface area contributed by atoms with E-state index in [0.717, 1.165) is 5.57 Å². The fourth-order valence-electron chi connectivity index (χ4n) is 4.04. The lowest BCUT2D eigenvalue weighted by molar-refractivity contribution is -0.151. The molecular weight excluding hydrogens is 324 g/mol. The van der Waals surface area contributed by atoms with Crippen molar-refractivity contribution in [3.63, 3.8) is 0 Å². The summed E-state index contributed by atoms with van der Waals surface area (Å²) in [5, 5.41) is 0. The Morgan fingerprint density at radius 3 is 2.48 bits per heavy atom. The molecule has 6 nitrogen and oxygen atoms in total. The van der Waals surface area contributed by atoms with E-state index in [1.165, 1.54) is 13.8 Å². The molecule has 0 heterocycles. The number of Topliss-reactive ketones (excluding diaryl/α,β-unsaturated/α-hetero) is 2. The molecule has 3 atom stereocenters. The molecule has 2 aliphatic carbocycles. The zero-order chi connectivity index (χ0) is 18.8. The van der Waals surface area contributed by atoms with Gasteiger partial charge in [0.15, 0.2) is 5.78 Å². The van der Waals surface area contributed by atoms with Gasteiger partial charge in [0.2, 0.25) is 0 Å². The fraction of sp³-hybridized carbons (Fsp3) is 0.684. The lowest BCUT2D eigenvalue weighted by Gasteiger charge is -2.37. The Morgan fingerprint density at radius 2 is 1.92 bits per heavy atom. The molecule has 1 unspecified atom stereocenters. The fourth-order valence-corrected chi connectivity index (χ4v) is 4.04. The standard InChI is InChI=1S/C19H26O6/c1-5-24-18(23)13(11(2)20)10-14-15-6-7-17(25-12(3)21)19(15,4)9-8-16(14)22/h13,17H,5-10H2,1-4H3/t13?,17-,19-/m0/s1. The molecule has 0 N–H and O–H groups in total. The molecule has 25 heavy (non-hydrogen) atoms. The molecule has 0 aliphatic heterocycles. The molecule has 1 saturated carbocycles. The van der Waals surface area contributed by atoms with Gasteiger partial charge >= 0.3 is 11.9 Å². The first-order valence-corrected chi connectivity index (χ1v) is 8.80. The maximum atomic E-state index is 12.5. The molecule has 0 amide bonds. The molecule has 2 aliphatic rings. The van der Waals surface area contributed by atoms with Crippen molar-refractivity contribution < 1.29 is 28.7 Å². The van der Waals surface area contributed by atoms with Crippen LogP contribution in [0.15, 0.2) is 11.1 Å². The highest BCUT2D eigenvalue weighted by molar-refractivity contribution is 6.02. The van der Waals surface area contributed by atoms with Gasteiger partial charge in [-0.25, -0.2) is 0 Å². The van der Waals surface area contributed by atoms with Crippen molar-refractivity contribution in [3.8, 4) is 0 Å². The quantitative estimate of drug-likeness (QED) is 0.540. The maximum Gasteiger partial charge on any atom is 0.316 e. The SMILES string of the molecule is CCOC(=O)C(CC1=C2CC[C@H](OC(C)=O)[C@@]2(C)CCC1=O)C(C)=O. The molecular formula is C19H26O6. The first-order valence-electron chi connectivity index (χ1n) is 8.80. The summed E-state index contributed by atoms with van der Waals surface area (Å²) < 4.78 is 10.5.